The van der Waals surface area contributed by atoms with E-state index >= 15 is 0 Å². The number of hydrogen-bond donors (Lipinski definition) is 1. The number of pyridine rings is 1. The summed E-state index contributed by atoms with van der Waals surface area (Å²) in [5.74, 6) is 0.723. The zero-order chi connectivity index (χ0) is 16.7. The number of carbonyl (C=O) groups is 1. The van der Waals surface area contributed by atoms with E-state index < -0.39 is 5.91 Å². The van der Waals surface area contributed by atoms with E-state index in [2.05, 4.69) is 22.3 Å². The van der Waals surface area contributed by atoms with Gasteiger partial charge in [-0.15, -0.1) is 0 Å². The van der Waals surface area contributed by atoms with Crippen molar-refractivity contribution < 1.29 is 4.79 Å². The first-order valence-electron chi connectivity index (χ1n) is 7.96. The number of aromatic nitrogens is 4. The van der Waals surface area contributed by atoms with Crippen molar-refractivity contribution in [2.75, 3.05) is 5.32 Å². The van der Waals surface area contributed by atoms with Gasteiger partial charge in [-0.1, -0.05) is 6.07 Å². The molecular weight excluding hydrogens is 306 g/mol. The van der Waals surface area contributed by atoms with E-state index in [0.717, 1.165) is 0 Å². The fourth-order valence-electron chi connectivity index (χ4n) is 2.88. The molecule has 1 saturated carbocycles. The van der Waals surface area contributed by atoms with Crippen molar-refractivity contribution in [2.45, 2.75) is 25.8 Å². The monoisotopic (exact) mass is 323 g/mol. The summed E-state index contributed by atoms with van der Waals surface area (Å²) in [5.41, 5.74) is 0.122. The molecule has 0 aromatic carbocycles. The minimum absolute atomic E-state index is 0.00512. The molecule has 1 aliphatic rings. The SMILES string of the molecule is CC(C1CC1)n1nccc1NC(=O)c1cnc2ccccn2c1=O. The summed E-state index contributed by atoms with van der Waals surface area (Å²) in [4.78, 5) is 29.2. The smallest absolute Gasteiger partial charge is 0.270 e. The van der Waals surface area contributed by atoms with E-state index in [1.54, 1.807) is 36.7 Å². The van der Waals surface area contributed by atoms with Crippen LogP contribution < -0.4 is 10.9 Å². The summed E-state index contributed by atoms with van der Waals surface area (Å²) in [6, 6.07) is 7.20. The Labute approximate surface area is 138 Å². The van der Waals surface area contributed by atoms with Gasteiger partial charge in [0.2, 0.25) is 0 Å². The lowest BCUT2D eigenvalue weighted by Crippen LogP contribution is -2.27. The van der Waals surface area contributed by atoms with Crippen molar-refractivity contribution in [1.82, 2.24) is 19.2 Å². The number of hydrogen-bond acceptors (Lipinski definition) is 4. The van der Waals surface area contributed by atoms with Crippen LogP contribution in [0, 0.1) is 5.92 Å². The molecule has 0 radical (unpaired) electrons. The van der Waals surface area contributed by atoms with Crippen LogP contribution in [-0.4, -0.2) is 25.1 Å². The Kier molecular flexibility index (Phi) is 3.41. The molecule has 3 aromatic heterocycles. The Hall–Kier alpha value is -2.96. The number of nitrogens with zero attached hydrogens (tertiary/aromatic N) is 4. The van der Waals surface area contributed by atoms with E-state index in [1.807, 2.05) is 4.68 Å². The van der Waals surface area contributed by atoms with Crippen LogP contribution in [0.15, 0.2) is 47.7 Å². The number of fused-ring (bicyclic) bond motifs is 1. The quantitative estimate of drug-likeness (QED) is 0.797. The van der Waals surface area contributed by atoms with Gasteiger partial charge in [0.15, 0.2) is 0 Å². The molecule has 7 nitrogen and oxygen atoms in total. The van der Waals surface area contributed by atoms with Gasteiger partial charge in [0.25, 0.3) is 11.5 Å². The Balaban J connectivity index is 1.65. The molecule has 1 unspecified atom stereocenters. The van der Waals surface area contributed by atoms with Crippen LogP contribution >= 0.6 is 0 Å². The molecular formula is C17H17N5O2. The van der Waals surface area contributed by atoms with Crippen LogP contribution in [-0.2, 0) is 0 Å². The standard InChI is InChI=1S/C17H17N5O2/c1-11(12-5-6-12)22-15(7-8-19-22)20-16(23)13-10-18-14-4-2-3-9-21(14)17(13)24/h2-4,7-12H,5-6H2,1H3,(H,20,23). The summed E-state index contributed by atoms with van der Waals surface area (Å²) < 4.78 is 3.17. The van der Waals surface area contributed by atoms with E-state index in [4.69, 9.17) is 0 Å². The third-order valence-electron chi connectivity index (χ3n) is 4.46. The van der Waals surface area contributed by atoms with Gasteiger partial charge in [-0.3, -0.25) is 14.0 Å². The molecule has 1 aliphatic carbocycles. The normalized spacial score (nSPS) is 15.4. The van der Waals surface area contributed by atoms with Crippen molar-refractivity contribution in [3.63, 3.8) is 0 Å². The summed E-state index contributed by atoms with van der Waals surface area (Å²) in [6.45, 7) is 2.09. The fourth-order valence-corrected chi connectivity index (χ4v) is 2.88. The zero-order valence-corrected chi connectivity index (χ0v) is 13.2. The second-order valence-electron chi connectivity index (χ2n) is 6.10. The van der Waals surface area contributed by atoms with Crippen LogP contribution in [0.1, 0.15) is 36.2 Å². The highest BCUT2D eigenvalue weighted by molar-refractivity contribution is 6.03. The van der Waals surface area contributed by atoms with Gasteiger partial charge in [-0.05, 0) is 37.8 Å². The van der Waals surface area contributed by atoms with Crippen molar-refractivity contribution in [1.29, 1.82) is 0 Å². The molecule has 0 bridgehead atoms. The molecule has 1 amide bonds. The van der Waals surface area contributed by atoms with E-state index in [9.17, 15) is 9.59 Å². The second-order valence-corrected chi connectivity index (χ2v) is 6.10. The summed E-state index contributed by atoms with van der Waals surface area (Å²) >= 11 is 0. The van der Waals surface area contributed by atoms with Gasteiger partial charge in [0, 0.05) is 18.5 Å². The lowest BCUT2D eigenvalue weighted by Gasteiger charge is -2.15. The first-order valence-corrected chi connectivity index (χ1v) is 7.96. The maximum absolute atomic E-state index is 12.5. The van der Waals surface area contributed by atoms with Crippen molar-refractivity contribution in [3.05, 3.63) is 58.8 Å². The van der Waals surface area contributed by atoms with Crippen LogP contribution in [0.25, 0.3) is 5.65 Å². The maximum atomic E-state index is 12.5. The van der Waals surface area contributed by atoms with Gasteiger partial charge in [0.05, 0.1) is 12.2 Å². The van der Waals surface area contributed by atoms with Crippen LogP contribution in [0.2, 0.25) is 0 Å². The Morgan fingerprint density at radius 3 is 2.96 bits per heavy atom. The van der Waals surface area contributed by atoms with Gasteiger partial charge in [0.1, 0.15) is 17.0 Å². The van der Waals surface area contributed by atoms with Crippen molar-refractivity contribution in [3.8, 4) is 0 Å². The number of anilines is 1. The lowest BCUT2D eigenvalue weighted by molar-refractivity contribution is 0.102. The van der Waals surface area contributed by atoms with Crippen LogP contribution in [0.3, 0.4) is 0 Å². The molecule has 3 aromatic rings. The lowest BCUT2D eigenvalue weighted by atomic mass is 10.2. The first-order chi connectivity index (χ1) is 11.6. The van der Waals surface area contributed by atoms with Crippen LogP contribution in [0.4, 0.5) is 5.82 Å². The second kappa shape index (κ2) is 5.59. The number of nitrogens with one attached hydrogen (secondary N) is 1. The highest BCUT2D eigenvalue weighted by Crippen LogP contribution is 2.40. The molecule has 24 heavy (non-hydrogen) atoms. The predicted molar refractivity (Wildman–Crippen MR) is 89.1 cm³/mol. The van der Waals surface area contributed by atoms with Gasteiger partial charge < -0.3 is 5.32 Å². The Bertz CT molecular complexity index is 970. The molecule has 122 valence electrons. The van der Waals surface area contributed by atoms with Gasteiger partial charge >= 0.3 is 0 Å². The van der Waals surface area contributed by atoms with Gasteiger partial charge in [-0.2, -0.15) is 5.10 Å². The van der Waals surface area contributed by atoms with E-state index in [1.165, 1.54) is 23.4 Å². The molecule has 7 heteroatoms. The summed E-state index contributed by atoms with van der Waals surface area (Å²) in [6.07, 6.45) is 6.94. The van der Waals surface area contributed by atoms with Gasteiger partial charge in [-0.25, -0.2) is 9.67 Å². The number of amides is 1. The molecule has 0 saturated heterocycles. The summed E-state index contributed by atoms with van der Waals surface area (Å²) in [7, 11) is 0. The predicted octanol–water partition coefficient (Wildman–Crippen LogP) is 2.11. The van der Waals surface area contributed by atoms with Crippen molar-refractivity contribution in [2.24, 2.45) is 5.92 Å². The van der Waals surface area contributed by atoms with E-state index in [-0.39, 0.29) is 17.2 Å². The van der Waals surface area contributed by atoms with Crippen LogP contribution in [0.5, 0.6) is 0 Å². The minimum atomic E-state index is -0.476. The average Bonchev–Trinajstić information content (AvgIpc) is 3.34. The average molecular weight is 323 g/mol. The maximum Gasteiger partial charge on any atom is 0.270 e. The minimum Gasteiger partial charge on any atom is -0.307 e. The molecule has 1 N–H and O–H groups in total. The molecule has 1 fully saturated rings. The molecule has 0 spiro atoms. The Morgan fingerprint density at radius 1 is 1.33 bits per heavy atom. The molecule has 0 aliphatic heterocycles. The highest BCUT2D eigenvalue weighted by Gasteiger charge is 2.31. The summed E-state index contributed by atoms with van der Waals surface area (Å²) in [5, 5.41) is 7.08. The largest absolute Gasteiger partial charge is 0.307 e. The number of carbonyl (C=O) groups excluding carboxylic acids is 1. The van der Waals surface area contributed by atoms with E-state index in [0.29, 0.717) is 17.4 Å². The fraction of sp³-hybridized carbons (Fsp3) is 0.294. The third-order valence-corrected chi connectivity index (χ3v) is 4.46. The van der Waals surface area contributed by atoms with Crippen molar-refractivity contribution >= 4 is 17.4 Å². The highest BCUT2D eigenvalue weighted by atomic mass is 16.2. The zero-order valence-electron chi connectivity index (χ0n) is 13.2. The molecule has 1 atom stereocenters. The molecule has 3 heterocycles. The third kappa shape index (κ3) is 2.47. The Morgan fingerprint density at radius 2 is 2.17 bits per heavy atom. The number of rotatable bonds is 4. The topological polar surface area (TPSA) is 81.3 Å². The molecule has 4 rings (SSSR count). The first kappa shape index (κ1) is 14.6.